The number of nitrogens with two attached hydrogens (primary N) is 1. The molecule has 4 heteroatoms. The molecule has 1 rings (SSSR count). The van der Waals surface area contributed by atoms with Gasteiger partial charge >= 0.3 is 0 Å². The lowest BCUT2D eigenvalue weighted by Gasteiger charge is -2.36. The number of aliphatic hydroxyl groups excluding tert-OH is 2. The average molecular weight is 225 g/mol. The van der Waals surface area contributed by atoms with E-state index in [0.717, 1.165) is 5.56 Å². The Morgan fingerprint density at radius 3 is 2.06 bits per heavy atom. The van der Waals surface area contributed by atoms with Crippen molar-refractivity contribution in [2.45, 2.75) is 12.1 Å². The van der Waals surface area contributed by atoms with Crippen molar-refractivity contribution in [3.8, 4) is 0 Å². The van der Waals surface area contributed by atoms with E-state index >= 15 is 0 Å². The molecule has 0 aliphatic rings. The lowest BCUT2D eigenvalue weighted by molar-refractivity contribution is -0.901. The number of nitrogen functional groups attached to an aromatic ring is 1. The first kappa shape index (κ1) is 13.0. The molecule has 0 aliphatic heterocycles. The molecule has 4 nitrogen and oxygen atoms in total. The molecule has 0 radical (unpaired) electrons. The third kappa shape index (κ3) is 2.95. The highest BCUT2D eigenvalue weighted by atomic mass is 16.3. The minimum Gasteiger partial charge on any atom is -0.399 e. The summed E-state index contributed by atoms with van der Waals surface area (Å²) in [5, 5.41) is 19.5. The predicted molar refractivity (Wildman–Crippen MR) is 64.7 cm³/mol. The molecule has 0 fully saturated rings. The molecule has 0 spiro atoms. The van der Waals surface area contributed by atoms with Gasteiger partial charge in [-0.3, -0.25) is 0 Å². The number of aliphatic hydroxyl groups is 2. The van der Waals surface area contributed by atoms with E-state index in [1.54, 1.807) is 24.3 Å². The third-order valence-electron chi connectivity index (χ3n) is 2.82. The molecule has 0 amide bonds. The molecule has 0 aromatic heterocycles. The summed E-state index contributed by atoms with van der Waals surface area (Å²) in [6.45, 7) is -0.0605. The van der Waals surface area contributed by atoms with Gasteiger partial charge in [-0.15, -0.1) is 0 Å². The number of hydrogen-bond donors (Lipinski definition) is 3. The van der Waals surface area contributed by atoms with Crippen LogP contribution in [0.5, 0.6) is 0 Å². The lowest BCUT2D eigenvalue weighted by atomic mass is 10.0. The summed E-state index contributed by atoms with van der Waals surface area (Å²) < 4.78 is 0.502. The maximum atomic E-state index is 10.2. The Kier molecular flexibility index (Phi) is 3.91. The van der Waals surface area contributed by atoms with Crippen molar-refractivity contribution < 1.29 is 14.7 Å². The van der Waals surface area contributed by atoms with Gasteiger partial charge < -0.3 is 20.4 Å². The number of nitrogens with zero attached hydrogens (tertiary/aromatic N) is 1. The summed E-state index contributed by atoms with van der Waals surface area (Å²) >= 11 is 0. The molecule has 0 saturated carbocycles. The normalized spacial score (nSPS) is 15.8. The molecule has 1 aromatic carbocycles. The van der Waals surface area contributed by atoms with Crippen LogP contribution in [0.25, 0.3) is 0 Å². The van der Waals surface area contributed by atoms with E-state index in [1.165, 1.54) is 0 Å². The number of rotatable bonds is 4. The van der Waals surface area contributed by atoms with Crippen LogP contribution in [-0.2, 0) is 0 Å². The van der Waals surface area contributed by atoms with Crippen molar-refractivity contribution in [1.29, 1.82) is 0 Å². The molecule has 90 valence electrons. The first-order chi connectivity index (χ1) is 7.36. The minimum absolute atomic E-state index is 0.0605. The maximum Gasteiger partial charge on any atom is 0.142 e. The third-order valence-corrected chi connectivity index (χ3v) is 2.82. The highest BCUT2D eigenvalue weighted by molar-refractivity contribution is 5.40. The highest BCUT2D eigenvalue weighted by Gasteiger charge is 2.31. The maximum absolute atomic E-state index is 10.2. The second kappa shape index (κ2) is 4.82. The zero-order valence-corrected chi connectivity index (χ0v) is 10.1. The average Bonchev–Trinajstić information content (AvgIpc) is 2.17. The van der Waals surface area contributed by atoms with Crippen LogP contribution in [0, 0.1) is 0 Å². The van der Waals surface area contributed by atoms with Gasteiger partial charge in [-0.1, -0.05) is 12.1 Å². The first-order valence-corrected chi connectivity index (χ1v) is 5.31. The van der Waals surface area contributed by atoms with Crippen LogP contribution >= 0.6 is 0 Å². The quantitative estimate of drug-likeness (QED) is 0.512. The highest BCUT2D eigenvalue weighted by Crippen LogP contribution is 2.23. The molecule has 2 atom stereocenters. The van der Waals surface area contributed by atoms with Crippen LogP contribution in [-0.4, -0.2) is 48.5 Å². The zero-order valence-electron chi connectivity index (χ0n) is 10.1. The van der Waals surface area contributed by atoms with E-state index in [2.05, 4.69) is 0 Å². The SMILES string of the molecule is C[N+](C)(C)[C@H](CO)C(O)c1ccc(N)cc1. The number of likely N-dealkylation sites (N-methyl/N-ethyl adjacent to an activating group) is 1. The van der Waals surface area contributed by atoms with E-state index < -0.39 is 6.10 Å². The summed E-state index contributed by atoms with van der Waals surface area (Å²) in [6.07, 6.45) is -0.689. The Bertz CT molecular complexity index is 330. The summed E-state index contributed by atoms with van der Waals surface area (Å²) in [7, 11) is 5.84. The van der Waals surface area contributed by atoms with Crippen molar-refractivity contribution >= 4 is 5.69 Å². The fourth-order valence-electron chi connectivity index (χ4n) is 1.68. The lowest BCUT2D eigenvalue weighted by Crippen LogP contribution is -2.50. The summed E-state index contributed by atoms with van der Waals surface area (Å²) in [6, 6.07) is 6.84. The largest absolute Gasteiger partial charge is 0.399 e. The van der Waals surface area contributed by atoms with Crippen LogP contribution in [0.1, 0.15) is 11.7 Å². The summed E-state index contributed by atoms with van der Waals surface area (Å²) in [4.78, 5) is 0. The molecule has 1 aromatic rings. The van der Waals surface area contributed by atoms with Gasteiger partial charge in [0.15, 0.2) is 0 Å². The van der Waals surface area contributed by atoms with Crippen LogP contribution in [0.2, 0.25) is 0 Å². The van der Waals surface area contributed by atoms with Gasteiger partial charge in [0.25, 0.3) is 0 Å². The van der Waals surface area contributed by atoms with Gasteiger partial charge in [0.05, 0.1) is 27.7 Å². The molecule has 0 heterocycles. The minimum atomic E-state index is -0.689. The molecule has 4 N–H and O–H groups in total. The van der Waals surface area contributed by atoms with Gasteiger partial charge in [0, 0.05) is 5.69 Å². The van der Waals surface area contributed by atoms with Crippen molar-refractivity contribution in [2.75, 3.05) is 33.5 Å². The standard InChI is InChI=1S/C12H21N2O2/c1-14(2,3)11(8-15)12(16)9-4-6-10(13)7-5-9/h4-7,11-12,15-16H,8,13H2,1-3H3/q+1/t11-,12?/m1/s1. The number of quaternary nitrogens is 1. The Morgan fingerprint density at radius 2 is 1.69 bits per heavy atom. The molecule has 0 bridgehead atoms. The smallest absolute Gasteiger partial charge is 0.142 e. The first-order valence-electron chi connectivity index (χ1n) is 5.31. The Morgan fingerprint density at radius 1 is 1.19 bits per heavy atom. The van der Waals surface area contributed by atoms with Gasteiger partial charge in [0.2, 0.25) is 0 Å². The van der Waals surface area contributed by atoms with E-state index in [1.807, 2.05) is 21.1 Å². The Balaban J connectivity index is 2.91. The van der Waals surface area contributed by atoms with Gasteiger partial charge in [0.1, 0.15) is 12.1 Å². The number of hydrogen-bond acceptors (Lipinski definition) is 3. The monoisotopic (exact) mass is 225 g/mol. The van der Waals surface area contributed by atoms with E-state index in [9.17, 15) is 10.2 Å². The van der Waals surface area contributed by atoms with Crippen molar-refractivity contribution in [3.63, 3.8) is 0 Å². The molecular weight excluding hydrogens is 204 g/mol. The Labute approximate surface area is 96.5 Å². The van der Waals surface area contributed by atoms with E-state index in [0.29, 0.717) is 10.2 Å². The van der Waals surface area contributed by atoms with Gasteiger partial charge in [-0.2, -0.15) is 0 Å². The topological polar surface area (TPSA) is 66.5 Å². The van der Waals surface area contributed by atoms with E-state index in [-0.39, 0.29) is 12.6 Å². The molecule has 0 aliphatic carbocycles. The second-order valence-corrected chi connectivity index (χ2v) is 4.98. The molecule has 16 heavy (non-hydrogen) atoms. The van der Waals surface area contributed by atoms with Crippen molar-refractivity contribution in [3.05, 3.63) is 29.8 Å². The van der Waals surface area contributed by atoms with Crippen LogP contribution in [0.3, 0.4) is 0 Å². The summed E-state index contributed by atoms with van der Waals surface area (Å²) in [5.74, 6) is 0. The molecule has 1 unspecified atom stereocenters. The fraction of sp³-hybridized carbons (Fsp3) is 0.500. The Hall–Kier alpha value is -1.10. The second-order valence-electron chi connectivity index (χ2n) is 4.98. The van der Waals surface area contributed by atoms with Gasteiger partial charge in [-0.05, 0) is 17.7 Å². The van der Waals surface area contributed by atoms with Crippen molar-refractivity contribution in [2.24, 2.45) is 0 Å². The molecule has 0 saturated heterocycles. The van der Waals surface area contributed by atoms with E-state index in [4.69, 9.17) is 5.73 Å². The van der Waals surface area contributed by atoms with Crippen LogP contribution < -0.4 is 5.73 Å². The van der Waals surface area contributed by atoms with Gasteiger partial charge in [-0.25, -0.2) is 0 Å². The van der Waals surface area contributed by atoms with Crippen molar-refractivity contribution in [1.82, 2.24) is 0 Å². The number of benzene rings is 1. The fourth-order valence-corrected chi connectivity index (χ4v) is 1.68. The van der Waals surface area contributed by atoms with Crippen LogP contribution in [0.15, 0.2) is 24.3 Å². The summed E-state index contributed by atoms with van der Waals surface area (Å²) in [5.41, 5.74) is 7.03. The zero-order chi connectivity index (χ0) is 12.3. The predicted octanol–water partition coefficient (Wildman–Crippen LogP) is 0.369. The number of anilines is 1. The molecular formula is C12H21N2O2+. The van der Waals surface area contributed by atoms with Crippen LogP contribution in [0.4, 0.5) is 5.69 Å².